The van der Waals surface area contributed by atoms with Crippen LogP contribution in [0.2, 0.25) is 0 Å². The molecule has 7 heteroatoms. The SMILES string of the molecule is CC(CCN(C)C)Oc1ccc(-c2ncc(COC(N)=O)s2)cc1. The number of benzene rings is 1. The van der Waals surface area contributed by atoms with Crippen LogP contribution < -0.4 is 10.5 Å². The Labute approximate surface area is 146 Å². The normalized spacial score (nSPS) is 12.2. The zero-order chi connectivity index (χ0) is 17.5. The van der Waals surface area contributed by atoms with Gasteiger partial charge in [-0.2, -0.15) is 0 Å². The highest BCUT2D eigenvalue weighted by molar-refractivity contribution is 7.15. The molecule has 0 saturated heterocycles. The number of thiazole rings is 1. The van der Waals surface area contributed by atoms with Crippen molar-refractivity contribution in [2.24, 2.45) is 5.73 Å². The fraction of sp³-hybridized carbons (Fsp3) is 0.412. The molecule has 0 saturated carbocycles. The number of nitrogens with two attached hydrogens (primary N) is 1. The van der Waals surface area contributed by atoms with Crippen molar-refractivity contribution in [1.82, 2.24) is 9.88 Å². The molecule has 0 fully saturated rings. The average molecular weight is 349 g/mol. The highest BCUT2D eigenvalue weighted by Gasteiger charge is 2.08. The molecule has 6 nitrogen and oxygen atoms in total. The van der Waals surface area contributed by atoms with Crippen molar-refractivity contribution >= 4 is 17.4 Å². The van der Waals surface area contributed by atoms with Gasteiger partial charge in [0.05, 0.1) is 11.0 Å². The zero-order valence-corrected chi connectivity index (χ0v) is 15.0. The summed E-state index contributed by atoms with van der Waals surface area (Å²) >= 11 is 1.47. The molecule has 2 N–H and O–H groups in total. The lowest BCUT2D eigenvalue weighted by Gasteiger charge is -2.17. The molecule has 0 radical (unpaired) electrons. The van der Waals surface area contributed by atoms with Gasteiger partial charge < -0.3 is 20.1 Å². The molecule has 0 spiro atoms. The summed E-state index contributed by atoms with van der Waals surface area (Å²) in [5, 5.41) is 0.866. The summed E-state index contributed by atoms with van der Waals surface area (Å²) in [6.45, 7) is 3.22. The van der Waals surface area contributed by atoms with Gasteiger partial charge in [0.2, 0.25) is 0 Å². The van der Waals surface area contributed by atoms with Gasteiger partial charge in [0.15, 0.2) is 0 Å². The summed E-state index contributed by atoms with van der Waals surface area (Å²) < 4.78 is 10.7. The Morgan fingerprint density at radius 3 is 2.67 bits per heavy atom. The van der Waals surface area contributed by atoms with Crippen molar-refractivity contribution in [1.29, 1.82) is 0 Å². The van der Waals surface area contributed by atoms with Crippen molar-refractivity contribution in [2.45, 2.75) is 26.1 Å². The number of rotatable bonds is 8. The Bertz CT molecular complexity index is 655. The van der Waals surface area contributed by atoms with E-state index in [9.17, 15) is 4.79 Å². The maximum Gasteiger partial charge on any atom is 0.404 e. The minimum Gasteiger partial charge on any atom is -0.491 e. The van der Waals surface area contributed by atoms with Gasteiger partial charge in [0.25, 0.3) is 0 Å². The van der Waals surface area contributed by atoms with Crippen LogP contribution in [0.5, 0.6) is 5.75 Å². The Balaban J connectivity index is 1.93. The molecule has 1 heterocycles. The molecular weight excluding hydrogens is 326 g/mol. The van der Waals surface area contributed by atoms with E-state index in [1.54, 1.807) is 6.20 Å². The predicted molar refractivity (Wildman–Crippen MR) is 95.2 cm³/mol. The van der Waals surface area contributed by atoms with Crippen LogP contribution in [-0.4, -0.2) is 42.7 Å². The van der Waals surface area contributed by atoms with E-state index in [0.717, 1.165) is 34.2 Å². The lowest BCUT2D eigenvalue weighted by molar-refractivity contribution is 0.151. The Morgan fingerprint density at radius 2 is 2.04 bits per heavy atom. The first-order valence-corrected chi connectivity index (χ1v) is 8.54. The summed E-state index contributed by atoms with van der Waals surface area (Å²) in [5.74, 6) is 0.846. The Kier molecular flexibility index (Phi) is 6.57. The summed E-state index contributed by atoms with van der Waals surface area (Å²) in [6.07, 6.45) is 2.05. The molecule has 1 atom stereocenters. The topological polar surface area (TPSA) is 77.7 Å². The number of aromatic nitrogens is 1. The lowest BCUT2D eigenvalue weighted by Crippen LogP contribution is -2.21. The van der Waals surface area contributed by atoms with Crippen LogP contribution in [0.4, 0.5) is 4.79 Å². The van der Waals surface area contributed by atoms with Gasteiger partial charge in [-0.25, -0.2) is 9.78 Å². The predicted octanol–water partition coefficient (Wildman–Crippen LogP) is 3.12. The Morgan fingerprint density at radius 1 is 1.33 bits per heavy atom. The number of amides is 1. The summed E-state index contributed by atoms with van der Waals surface area (Å²) in [7, 11) is 4.11. The quantitative estimate of drug-likeness (QED) is 0.792. The smallest absolute Gasteiger partial charge is 0.404 e. The number of carbonyl (C=O) groups is 1. The molecular formula is C17H23N3O3S. The van der Waals surface area contributed by atoms with Gasteiger partial charge in [-0.15, -0.1) is 11.3 Å². The number of ether oxygens (including phenoxy) is 2. The monoisotopic (exact) mass is 349 g/mol. The molecule has 0 bridgehead atoms. The van der Waals surface area contributed by atoms with Crippen molar-refractivity contribution in [3.8, 4) is 16.3 Å². The Hall–Kier alpha value is -2.12. The molecule has 0 aliphatic carbocycles. The molecule has 0 aliphatic rings. The molecule has 2 aromatic rings. The second-order valence-electron chi connectivity index (χ2n) is 5.78. The minimum atomic E-state index is -0.783. The molecule has 2 rings (SSSR count). The van der Waals surface area contributed by atoms with Crippen LogP contribution >= 0.6 is 11.3 Å². The van der Waals surface area contributed by atoms with Gasteiger partial charge in [-0.1, -0.05) is 0 Å². The van der Waals surface area contributed by atoms with Crippen molar-refractivity contribution < 1.29 is 14.3 Å². The molecule has 1 unspecified atom stereocenters. The number of hydrogen-bond donors (Lipinski definition) is 1. The minimum absolute atomic E-state index is 0.150. The second kappa shape index (κ2) is 8.65. The first kappa shape index (κ1) is 18.2. The third-order valence-electron chi connectivity index (χ3n) is 3.33. The van der Waals surface area contributed by atoms with Crippen LogP contribution in [0.3, 0.4) is 0 Å². The summed E-state index contributed by atoms with van der Waals surface area (Å²) in [5.41, 5.74) is 5.96. The molecule has 130 valence electrons. The van der Waals surface area contributed by atoms with Gasteiger partial charge in [0.1, 0.15) is 17.4 Å². The van der Waals surface area contributed by atoms with Crippen molar-refractivity contribution in [3.63, 3.8) is 0 Å². The molecule has 0 aliphatic heterocycles. The molecule has 1 aromatic carbocycles. The van der Waals surface area contributed by atoms with Crippen LogP contribution in [0.15, 0.2) is 30.5 Å². The van der Waals surface area contributed by atoms with Crippen molar-refractivity contribution in [3.05, 3.63) is 35.3 Å². The molecule has 24 heavy (non-hydrogen) atoms. The highest BCUT2D eigenvalue weighted by atomic mass is 32.1. The fourth-order valence-corrected chi connectivity index (χ4v) is 2.89. The van der Waals surface area contributed by atoms with Crippen LogP contribution in [-0.2, 0) is 11.3 Å². The highest BCUT2D eigenvalue weighted by Crippen LogP contribution is 2.27. The van der Waals surface area contributed by atoms with Crippen LogP contribution in [0.25, 0.3) is 10.6 Å². The number of carbonyl (C=O) groups excluding carboxylic acids is 1. The molecule has 1 aromatic heterocycles. The number of hydrogen-bond acceptors (Lipinski definition) is 6. The second-order valence-corrected chi connectivity index (χ2v) is 6.90. The summed E-state index contributed by atoms with van der Waals surface area (Å²) in [6, 6.07) is 7.85. The van der Waals surface area contributed by atoms with Gasteiger partial charge >= 0.3 is 6.09 Å². The maximum atomic E-state index is 10.6. The van der Waals surface area contributed by atoms with Crippen LogP contribution in [0, 0.1) is 0 Å². The lowest BCUT2D eigenvalue weighted by atomic mass is 10.2. The summed E-state index contributed by atoms with van der Waals surface area (Å²) in [4.78, 5) is 18.0. The van der Waals surface area contributed by atoms with Gasteiger partial charge in [0, 0.05) is 18.3 Å². The van der Waals surface area contributed by atoms with E-state index in [1.165, 1.54) is 11.3 Å². The third-order valence-corrected chi connectivity index (χ3v) is 4.35. The molecule has 1 amide bonds. The first-order valence-electron chi connectivity index (χ1n) is 7.73. The van der Waals surface area contributed by atoms with Crippen LogP contribution in [0.1, 0.15) is 18.2 Å². The maximum absolute atomic E-state index is 10.6. The first-order chi connectivity index (χ1) is 11.4. The van der Waals surface area contributed by atoms with E-state index >= 15 is 0 Å². The standard InChI is InChI=1S/C17H23N3O3S/c1-12(8-9-20(2)3)23-14-6-4-13(5-7-14)16-19-10-15(24-16)11-22-17(18)21/h4-7,10,12H,8-9,11H2,1-3H3,(H2,18,21). The van der Waals surface area contributed by atoms with E-state index in [0.29, 0.717) is 0 Å². The largest absolute Gasteiger partial charge is 0.491 e. The zero-order valence-electron chi connectivity index (χ0n) is 14.2. The number of nitrogens with zero attached hydrogens (tertiary/aromatic N) is 2. The van der Waals surface area contributed by atoms with Crippen molar-refractivity contribution in [2.75, 3.05) is 20.6 Å². The third kappa shape index (κ3) is 5.82. The van der Waals surface area contributed by atoms with E-state index < -0.39 is 6.09 Å². The number of primary amides is 1. The van der Waals surface area contributed by atoms with Gasteiger partial charge in [-0.05, 0) is 51.7 Å². The van der Waals surface area contributed by atoms with E-state index in [-0.39, 0.29) is 12.7 Å². The fourth-order valence-electron chi connectivity index (χ4n) is 2.06. The van der Waals surface area contributed by atoms with E-state index in [1.807, 2.05) is 24.3 Å². The van der Waals surface area contributed by atoms with E-state index in [2.05, 4.69) is 30.9 Å². The van der Waals surface area contributed by atoms with Gasteiger partial charge in [-0.3, -0.25) is 0 Å². The average Bonchev–Trinajstić information content (AvgIpc) is 3.00. The van der Waals surface area contributed by atoms with E-state index in [4.69, 9.17) is 15.2 Å².